The summed E-state index contributed by atoms with van der Waals surface area (Å²) in [5.74, 6) is 0. The van der Waals surface area contributed by atoms with E-state index in [4.69, 9.17) is 10.5 Å². The minimum atomic E-state index is -1.23. The van der Waals surface area contributed by atoms with E-state index in [1.807, 2.05) is 0 Å². The molecule has 2 heterocycles. The van der Waals surface area contributed by atoms with Crippen molar-refractivity contribution in [2.45, 2.75) is 5.67 Å². The van der Waals surface area contributed by atoms with Crippen LogP contribution in [0.15, 0.2) is 0 Å². The van der Waals surface area contributed by atoms with E-state index < -0.39 is 5.67 Å². The summed E-state index contributed by atoms with van der Waals surface area (Å²) in [5.41, 5.74) is 3.85. The van der Waals surface area contributed by atoms with Gasteiger partial charge in [-0.05, 0) is 0 Å². The monoisotopic (exact) mass is 160 g/mol. The molecule has 0 amide bonds. The third kappa shape index (κ3) is 0.774. The largest absolute Gasteiger partial charge is 0.380 e. The lowest BCUT2D eigenvalue weighted by Gasteiger charge is -2.45. The molecule has 0 radical (unpaired) electrons. The van der Waals surface area contributed by atoms with Gasteiger partial charge in [0.25, 0.3) is 0 Å². The Morgan fingerprint density at radius 1 is 1.45 bits per heavy atom. The molecule has 1 spiro atoms. The number of ether oxygens (including phenoxy) is 1. The minimum Gasteiger partial charge on any atom is -0.380 e. The first-order valence-corrected chi connectivity index (χ1v) is 3.90. The van der Waals surface area contributed by atoms with Crippen LogP contribution in [0.3, 0.4) is 0 Å². The van der Waals surface area contributed by atoms with Gasteiger partial charge in [0.05, 0.1) is 18.6 Å². The van der Waals surface area contributed by atoms with Crippen LogP contribution in [0.4, 0.5) is 4.39 Å². The molecule has 64 valence electrons. The molecular formula is C7H13FN2O. The average molecular weight is 160 g/mol. The van der Waals surface area contributed by atoms with Gasteiger partial charge in [0.15, 0.2) is 0 Å². The Bertz CT molecular complexity index is 162. The summed E-state index contributed by atoms with van der Waals surface area (Å²) in [6.07, 6.45) is 0. The van der Waals surface area contributed by atoms with Crippen LogP contribution in [0.25, 0.3) is 0 Å². The maximum atomic E-state index is 13.9. The quantitative estimate of drug-likeness (QED) is 0.532. The van der Waals surface area contributed by atoms with E-state index in [1.54, 1.807) is 0 Å². The number of nitrogens with two attached hydrogens (primary N) is 1. The standard InChI is InChI=1S/C7H13FN2O/c8-7(1-9)3-10-2-6(7)4-11-5-6/h10H,1-5,9H2. The number of nitrogens with one attached hydrogen (secondary N) is 1. The zero-order chi connectivity index (χ0) is 7.95. The summed E-state index contributed by atoms with van der Waals surface area (Å²) in [6.45, 7) is 2.23. The summed E-state index contributed by atoms with van der Waals surface area (Å²) in [7, 11) is 0. The lowest BCUT2D eigenvalue weighted by molar-refractivity contribution is -0.163. The van der Waals surface area contributed by atoms with Crippen molar-refractivity contribution in [3.8, 4) is 0 Å². The first-order valence-electron chi connectivity index (χ1n) is 3.90. The predicted octanol–water partition coefficient (Wildman–Crippen LogP) is -0.727. The summed E-state index contributed by atoms with van der Waals surface area (Å²) in [4.78, 5) is 0. The van der Waals surface area contributed by atoms with Crippen molar-refractivity contribution in [3.63, 3.8) is 0 Å². The molecule has 0 aromatic rings. The second kappa shape index (κ2) is 2.15. The van der Waals surface area contributed by atoms with E-state index in [2.05, 4.69) is 5.32 Å². The molecule has 3 N–H and O–H groups in total. The first kappa shape index (κ1) is 7.46. The molecule has 0 aromatic heterocycles. The molecule has 4 heteroatoms. The molecule has 0 saturated carbocycles. The fraction of sp³-hybridized carbons (Fsp3) is 1.00. The Kier molecular flexibility index (Phi) is 1.46. The molecule has 0 aromatic carbocycles. The third-order valence-corrected chi connectivity index (χ3v) is 2.90. The Balaban J connectivity index is 2.19. The van der Waals surface area contributed by atoms with Crippen LogP contribution in [0, 0.1) is 5.41 Å². The third-order valence-electron chi connectivity index (χ3n) is 2.90. The van der Waals surface area contributed by atoms with Crippen LogP contribution in [0.1, 0.15) is 0 Å². The molecule has 1 unspecified atom stereocenters. The fourth-order valence-corrected chi connectivity index (χ4v) is 1.84. The Morgan fingerprint density at radius 2 is 2.18 bits per heavy atom. The van der Waals surface area contributed by atoms with Crippen LogP contribution < -0.4 is 11.1 Å². The number of alkyl halides is 1. The first-order chi connectivity index (χ1) is 5.22. The lowest BCUT2D eigenvalue weighted by Crippen LogP contribution is -2.60. The zero-order valence-electron chi connectivity index (χ0n) is 6.40. The van der Waals surface area contributed by atoms with Crippen molar-refractivity contribution in [2.24, 2.45) is 11.1 Å². The van der Waals surface area contributed by atoms with E-state index in [0.29, 0.717) is 26.3 Å². The summed E-state index contributed by atoms with van der Waals surface area (Å²) in [6, 6.07) is 0. The highest BCUT2D eigenvalue weighted by molar-refractivity contribution is 5.11. The molecule has 2 rings (SSSR count). The van der Waals surface area contributed by atoms with Gasteiger partial charge in [-0.15, -0.1) is 0 Å². The number of rotatable bonds is 1. The molecule has 0 bridgehead atoms. The van der Waals surface area contributed by atoms with Gasteiger partial charge < -0.3 is 15.8 Å². The van der Waals surface area contributed by atoms with Crippen molar-refractivity contribution in [1.29, 1.82) is 0 Å². The molecule has 11 heavy (non-hydrogen) atoms. The molecule has 0 aliphatic carbocycles. The van der Waals surface area contributed by atoms with E-state index in [-0.39, 0.29) is 12.0 Å². The van der Waals surface area contributed by atoms with Gasteiger partial charge in [-0.1, -0.05) is 0 Å². The highest BCUT2D eigenvalue weighted by atomic mass is 19.1. The maximum absolute atomic E-state index is 13.9. The lowest BCUT2D eigenvalue weighted by atomic mass is 9.74. The maximum Gasteiger partial charge on any atom is 0.146 e. The van der Waals surface area contributed by atoms with Gasteiger partial charge in [0, 0.05) is 19.6 Å². The van der Waals surface area contributed by atoms with Crippen LogP contribution >= 0.6 is 0 Å². The van der Waals surface area contributed by atoms with Gasteiger partial charge in [0.1, 0.15) is 5.67 Å². The topological polar surface area (TPSA) is 47.3 Å². The van der Waals surface area contributed by atoms with Gasteiger partial charge in [0.2, 0.25) is 0 Å². The Morgan fingerprint density at radius 3 is 2.55 bits per heavy atom. The highest BCUT2D eigenvalue weighted by Crippen LogP contribution is 2.43. The van der Waals surface area contributed by atoms with Gasteiger partial charge in [-0.25, -0.2) is 4.39 Å². The van der Waals surface area contributed by atoms with E-state index in [9.17, 15) is 4.39 Å². The molecule has 3 nitrogen and oxygen atoms in total. The van der Waals surface area contributed by atoms with Crippen molar-refractivity contribution in [3.05, 3.63) is 0 Å². The van der Waals surface area contributed by atoms with E-state index in [1.165, 1.54) is 0 Å². The molecule has 2 aliphatic heterocycles. The predicted molar refractivity (Wildman–Crippen MR) is 39.0 cm³/mol. The second-order valence-electron chi connectivity index (χ2n) is 3.55. The molecule has 2 saturated heterocycles. The van der Waals surface area contributed by atoms with Crippen molar-refractivity contribution in [2.75, 3.05) is 32.8 Å². The smallest absolute Gasteiger partial charge is 0.146 e. The Labute approximate surface area is 65.1 Å². The molecule has 2 fully saturated rings. The van der Waals surface area contributed by atoms with Crippen molar-refractivity contribution >= 4 is 0 Å². The number of halogens is 1. The zero-order valence-corrected chi connectivity index (χ0v) is 6.40. The summed E-state index contributed by atoms with van der Waals surface area (Å²) < 4.78 is 18.9. The molecule has 1 atom stereocenters. The van der Waals surface area contributed by atoms with Crippen molar-refractivity contribution < 1.29 is 9.13 Å². The number of hydrogen-bond acceptors (Lipinski definition) is 3. The van der Waals surface area contributed by atoms with E-state index >= 15 is 0 Å². The van der Waals surface area contributed by atoms with Crippen LogP contribution in [0.5, 0.6) is 0 Å². The van der Waals surface area contributed by atoms with Crippen LogP contribution in [-0.4, -0.2) is 38.5 Å². The van der Waals surface area contributed by atoms with Crippen molar-refractivity contribution in [1.82, 2.24) is 5.32 Å². The average Bonchev–Trinajstić information content (AvgIpc) is 2.27. The minimum absolute atomic E-state index is 0.101. The van der Waals surface area contributed by atoms with Crippen LogP contribution in [0.2, 0.25) is 0 Å². The van der Waals surface area contributed by atoms with E-state index in [0.717, 1.165) is 0 Å². The fourth-order valence-electron chi connectivity index (χ4n) is 1.84. The van der Waals surface area contributed by atoms with Gasteiger partial charge in [-0.2, -0.15) is 0 Å². The second-order valence-corrected chi connectivity index (χ2v) is 3.55. The van der Waals surface area contributed by atoms with Gasteiger partial charge >= 0.3 is 0 Å². The molecule has 2 aliphatic rings. The Hall–Kier alpha value is -0.190. The number of hydrogen-bond donors (Lipinski definition) is 2. The molecular weight excluding hydrogens is 147 g/mol. The van der Waals surface area contributed by atoms with Gasteiger partial charge in [-0.3, -0.25) is 0 Å². The highest BCUT2D eigenvalue weighted by Gasteiger charge is 2.59. The normalized spacial score (nSPS) is 40.9. The summed E-state index contributed by atoms with van der Waals surface area (Å²) in [5, 5.41) is 3.02. The van der Waals surface area contributed by atoms with Crippen LogP contribution in [-0.2, 0) is 4.74 Å². The SMILES string of the molecule is NCC1(F)CNCC12COC2. The summed E-state index contributed by atoms with van der Waals surface area (Å²) >= 11 is 0.